The van der Waals surface area contributed by atoms with E-state index in [4.69, 9.17) is 4.74 Å². The number of aryl methyl sites for hydroxylation is 1. The summed E-state index contributed by atoms with van der Waals surface area (Å²) in [6.07, 6.45) is 2.51. The van der Waals surface area contributed by atoms with E-state index >= 15 is 0 Å². The molecule has 0 aliphatic rings. The predicted molar refractivity (Wildman–Crippen MR) is 121 cm³/mol. The maximum Gasteiger partial charge on any atom is 0.233 e. The second-order valence-corrected chi connectivity index (χ2v) is 8.02. The largest absolute Gasteiger partial charge is 0.497 e. The Labute approximate surface area is 181 Å². The van der Waals surface area contributed by atoms with E-state index < -0.39 is 0 Å². The number of rotatable bonds is 10. The van der Waals surface area contributed by atoms with Gasteiger partial charge in [-0.25, -0.2) is 0 Å². The van der Waals surface area contributed by atoms with E-state index in [2.05, 4.69) is 38.8 Å². The number of carbonyl (C=O) groups is 1. The monoisotopic (exact) mass is 422 g/mol. The molecule has 1 atom stereocenters. The van der Waals surface area contributed by atoms with Crippen molar-refractivity contribution in [2.75, 3.05) is 13.7 Å². The normalized spacial score (nSPS) is 11.7. The number of methoxy groups -OCH3 is 1. The van der Waals surface area contributed by atoms with Crippen molar-refractivity contribution in [3.8, 4) is 17.1 Å². The SMILES string of the molecule is C=CCNC(=O)C(C)Sc1nnc(-c2ccc(OC)cc2)n1CCc1ccccc1. The topological polar surface area (TPSA) is 69.0 Å². The Kier molecular flexibility index (Phi) is 7.68. The molecule has 3 rings (SSSR count). The lowest BCUT2D eigenvalue weighted by Gasteiger charge is -2.14. The maximum absolute atomic E-state index is 12.3. The van der Waals surface area contributed by atoms with Gasteiger partial charge in [-0.15, -0.1) is 16.8 Å². The number of hydrogen-bond acceptors (Lipinski definition) is 5. The van der Waals surface area contributed by atoms with Gasteiger partial charge in [-0.1, -0.05) is 48.2 Å². The molecule has 0 aliphatic carbocycles. The van der Waals surface area contributed by atoms with Crippen LogP contribution in [-0.2, 0) is 17.8 Å². The maximum atomic E-state index is 12.3. The number of aromatic nitrogens is 3. The van der Waals surface area contributed by atoms with Gasteiger partial charge < -0.3 is 14.6 Å². The fourth-order valence-electron chi connectivity index (χ4n) is 2.94. The first kappa shape index (κ1) is 21.6. The van der Waals surface area contributed by atoms with E-state index in [-0.39, 0.29) is 11.2 Å². The highest BCUT2D eigenvalue weighted by molar-refractivity contribution is 8.00. The van der Waals surface area contributed by atoms with Gasteiger partial charge in [0.05, 0.1) is 12.4 Å². The highest BCUT2D eigenvalue weighted by Crippen LogP contribution is 2.28. The molecule has 0 saturated heterocycles. The van der Waals surface area contributed by atoms with E-state index in [1.165, 1.54) is 17.3 Å². The van der Waals surface area contributed by atoms with Crippen molar-refractivity contribution in [2.24, 2.45) is 0 Å². The predicted octanol–water partition coefficient (Wildman–Crippen LogP) is 3.98. The number of thioether (sulfide) groups is 1. The average molecular weight is 423 g/mol. The van der Waals surface area contributed by atoms with E-state index in [0.29, 0.717) is 13.1 Å². The minimum absolute atomic E-state index is 0.0523. The van der Waals surface area contributed by atoms with Crippen LogP contribution in [0, 0.1) is 0 Å². The van der Waals surface area contributed by atoms with Gasteiger partial charge >= 0.3 is 0 Å². The standard InChI is InChI=1S/C23H26N4O2S/c1-4-15-24-22(28)17(2)30-23-26-25-21(19-10-12-20(29-3)13-11-19)27(23)16-14-18-8-6-5-7-9-18/h4-13,17H,1,14-16H2,2-3H3,(H,24,28). The zero-order valence-corrected chi connectivity index (χ0v) is 18.1. The molecule has 1 heterocycles. The third-order valence-corrected chi connectivity index (χ3v) is 5.68. The van der Waals surface area contributed by atoms with Crippen molar-refractivity contribution >= 4 is 17.7 Å². The van der Waals surface area contributed by atoms with Crippen LogP contribution in [0.5, 0.6) is 5.75 Å². The van der Waals surface area contributed by atoms with E-state index in [0.717, 1.165) is 28.7 Å². The first-order valence-electron chi connectivity index (χ1n) is 9.79. The number of nitrogens with zero attached hydrogens (tertiary/aromatic N) is 3. The zero-order chi connectivity index (χ0) is 21.3. The Hall–Kier alpha value is -3.06. The molecular weight excluding hydrogens is 396 g/mol. The number of ether oxygens (including phenoxy) is 1. The molecule has 0 bridgehead atoms. The van der Waals surface area contributed by atoms with Crippen LogP contribution in [0.2, 0.25) is 0 Å². The Morgan fingerprint density at radius 2 is 1.93 bits per heavy atom. The van der Waals surface area contributed by atoms with Crippen LogP contribution < -0.4 is 10.1 Å². The summed E-state index contributed by atoms with van der Waals surface area (Å²) < 4.78 is 7.34. The van der Waals surface area contributed by atoms with Crippen LogP contribution in [0.1, 0.15) is 12.5 Å². The van der Waals surface area contributed by atoms with Crippen molar-refractivity contribution in [3.05, 3.63) is 72.8 Å². The van der Waals surface area contributed by atoms with Crippen molar-refractivity contribution in [1.82, 2.24) is 20.1 Å². The van der Waals surface area contributed by atoms with E-state index in [1.54, 1.807) is 13.2 Å². The smallest absolute Gasteiger partial charge is 0.233 e. The highest BCUT2D eigenvalue weighted by atomic mass is 32.2. The fourth-order valence-corrected chi connectivity index (χ4v) is 3.84. The summed E-state index contributed by atoms with van der Waals surface area (Å²) in [5.41, 5.74) is 2.19. The van der Waals surface area contributed by atoms with Crippen molar-refractivity contribution in [3.63, 3.8) is 0 Å². The molecule has 1 amide bonds. The second-order valence-electron chi connectivity index (χ2n) is 6.72. The van der Waals surface area contributed by atoms with Gasteiger partial charge in [0, 0.05) is 18.7 Å². The number of benzene rings is 2. The summed E-state index contributed by atoms with van der Waals surface area (Å²) >= 11 is 1.41. The van der Waals surface area contributed by atoms with Gasteiger partial charge in [-0.3, -0.25) is 4.79 Å². The molecule has 2 aromatic carbocycles. The third-order valence-electron chi connectivity index (χ3n) is 4.60. The molecule has 0 radical (unpaired) electrons. The van der Waals surface area contributed by atoms with Gasteiger partial charge in [0.2, 0.25) is 5.91 Å². The van der Waals surface area contributed by atoms with Crippen LogP contribution in [0.3, 0.4) is 0 Å². The van der Waals surface area contributed by atoms with Crippen molar-refractivity contribution < 1.29 is 9.53 Å². The van der Waals surface area contributed by atoms with Gasteiger partial charge in [0.25, 0.3) is 0 Å². The van der Waals surface area contributed by atoms with Crippen molar-refractivity contribution in [2.45, 2.75) is 30.3 Å². The number of carbonyl (C=O) groups excluding carboxylic acids is 1. The first-order chi connectivity index (χ1) is 14.6. The lowest BCUT2D eigenvalue weighted by molar-refractivity contribution is -0.120. The molecule has 0 spiro atoms. The van der Waals surface area contributed by atoms with Crippen molar-refractivity contribution in [1.29, 1.82) is 0 Å². The van der Waals surface area contributed by atoms with Gasteiger partial charge in [-0.2, -0.15) is 0 Å². The van der Waals surface area contributed by atoms with Crippen LogP contribution in [0.25, 0.3) is 11.4 Å². The fraction of sp³-hybridized carbons (Fsp3) is 0.261. The van der Waals surface area contributed by atoms with Crippen LogP contribution in [0.15, 0.2) is 72.4 Å². The number of nitrogens with one attached hydrogen (secondary N) is 1. The van der Waals surface area contributed by atoms with Crippen LogP contribution in [-0.4, -0.2) is 39.6 Å². The molecule has 0 saturated carbocycles. The molecule has 7 heteroatoms. The Bertz CT molecular complexity index is 971. The molecule has 6 nitrogen and oxygen atoms in total. The molecule has 0 aliphatic heterocycles. The van der Waals surface area contributed by atoms with Crippen LogP contribution >= 0.6 is 11.8 Å². The minimum atomic E-state index is -0.298. The first-order valence-corrected chi connectivity index (χ1v) is 10.7. The Balaban J connectivity index is 1.86. The summed E-state index contributed by atoms with van der Waals surface area (Å²) in [6.45, 7) is 6.66. The van der Waals surface area contributed by atoms with Gasteiger partial charge in [-0.05, 0) is 43.2 Å². The molecule has 1 N–H and O–H groups in total. The highest BCUT2D eigenvalue weighted by Gasteiger charge is 2.20. The molecule has 3 aromatic rings. The van der Waals surface area contributed by atoms with E-state index in [9.17, 15) is 4.79 Å². The summed E-state index contributed by atoms with van der Waals surface area (Å²) in [6, 6.07) is 18.0. The summed E-state index contributed by atoms with van der Waals surface area (Å²) in [5.74, 6) is 1.51. The quantitative estimate of drug-likeness (QED) is 0.395. The molecule has 0 fully saturated rings. The summed E-state index contributed by atoms with van der Waals surface area (Å²) in [4.78, 5) is 12.3. The molecule has 1 aromatic heterocycles. The molecular formula is C23H26N4O2S. The molecule has 30 heavy (non-hydrogen) atoms. The molecule has 156 valence electrons. The van der Waals surface area contributed by atoms with E-state index in [1.807, 2.05) is 49.4 Å². The van der Waals surface area contributed by atoms with Crippen LogP contribution in [0.4, 0.5) is 0 Å². The minimum Gasteiger partial charge on any atom is -0.497 e. The Morgan fingerprint density at radius 1 is 1.20 bits per heavy atom. The number of amides is 1. The van der Waals surface area contributed by atoms with Gasteiger partial charge in [0.1, 0.15) is 5.75 Å². The lowest BCUT2D eigenvalue weighted by atomic mass is 10.1. The zero-order valence-electron chi connectivity index (χ0n) is 17.2. The molecule has 1 unspecified atom stereocenters. The third kappa shape index (κ3) is 5.51. The number of hydrogen-bond donors (Lipinski definition) is 1. The lowest BCUT2D eigenvalue weighted by Crippen LogP contribution is -2.31. The second kappa shape index (κ2) is 10.6. The summed E-state index contributed by atoms with van der Waals surface area (Å²) in [5, 5.41) is 12.1. The van der Waals surface area contributed by atoms with Gasteiger partial charge in [0.15, 0.2) is 11.0 Å². The average Bonchev–Trinajstić information content (AvgIpc) is 3.18. The summed E-state index contributed by atoms with van der Waals surface area (Å²) in [7, 11) is 1.64. The Morgan fingerprint density at radius 3 is 2.60 bits per heavy atom.